The van der Waals surface area contributed by atoms with Gasteiger partial charge in [-0.2, -0.15) is 0 Å². The van der Waals surface area contributed by atoms with Crippen LogP contribution in [-0.2, 0) is 6.54 Å². The first-order chi connectivity index (χ1) is 12.8. The van der Waals surface area contributed by atoms with Crippen LogP contribution in [0.2, 0.25) is 5.02 Å². The molecule has 0 aliphatic heterocycles. The van der Waals surface area contributed by atoms with E-state index in [1.54, 1.807) is 35.7 Å². The summed E-state index contributed by atoms with van der Waals surface area (Å²) in [6.45, 7) is 0.0454. The molecule has 2 aromatic carbocycles. The molecule has 0 bridgehead atoms. The van der Waals surface area contributed by atoms with Gasteiger partial charge in [-0.3, -0.25) is 4.79 Å². The first kappa shape index (κ1) is 19.2. The average Bonchev–Trinajstić information content (AvgIpc) is 3.09. The molecule has 0 saturated heterocycles. The van der Waals surface area contributed by atoms with Gasteiger partial charge in [-0.05, 0) is 29.8 Å². The van der Waals surface area contributed by atoms with Crippen molar-refractivity contribution in [3.05, 3.63) is 69.5 Å². The number of benzene rings is 2. The van der Waals surface area contributed by atoms with Crippen molar-refractivity contribution < 1.29 is 22.7 Å². The third-order valence-corrected chi connectivity index (χ3v) is 4.52. The van der Waals surface area contributed by atoms with Crippen LogP contribution >= 0.6 is 22.9 Å². The fourth-order valence-corrected chi connectivity index (χ4v) is 3.11. The molecule has 0 atom stereocenters. The van der Waals surface area contributed by atoms with E-state index in [4.69, 9.17) is 11.6 Å². The van der Waals surface area contributed by atoms with Crippen LogP contribution in [0.1, 0.15) is 15.4 Å². The highest BCUT2D eigenvalue weighted by atomic mass is 35.5. The summed E-state index contributed by atoms with van der Waals surface area (Å²) < 4.78 is 40.7. The molecule has 1 heterocycles. The van der Waals surface area contributed by atoms with Crippen LogP contribution in [0.5, 0.6) is 5.75 Å². The summed E-state index contributed by atoms with van der Waals surface area (Å²) in [6.07, 6.45) is -4.76. The zero-order valence-electron chi connectivity index (χ0n) is 13.6. The molecule has 140 valence electrons. The molecule has 4 nitrogen and oxygen atoms in total. The number of carbonyl (C=O) groups is 1. The SMILES string of the molecule is O=C(NCc1cccc(OC(F)(F)F)c1)c1nc(-c2ccc(Cl)cc2)cs1. The third-order valence-electron chi connectivity index (χ3n) is 3.42. The minimum Gasteiger partial charge on any atom is -0.406 e. The number of hydrogen-bond donors (Lipinski definition) is 1. The van der Waals surface area contributed by atoms with E-state index < -0.39 is 12.3 Å². The maximum absolute atomic E-state index is 12.3. The minimum atomic E-state index is -4.76. The summed E-state index contributed by atoms with van der Waals surface area (Å²) in [6, 6.07) is 12.5. The number of nitrogens with one attached hydrogen (secondary N) is 1. The number of aromatic nitrogens is 1. The molecule has 0 aliphatic carbocycles. The Labute approximate surface area is 161 Å². The zero-order valence-corrected chi connectivity index (χ0v) is 15.2. The number of nitrogens with zero attached hydrogens (tertiary/aromatic N) is 1. The van der Waals surface area contributed by atoms with Gasteiger partial charge in [0, 0.05) is 22.5 Å². The Morgan fingerprint density at radius 2 is 1.93 bits per heavy atom. The molecule has 0 radical (unpaired) electrons. The van der Waals surface area contributed by atoms with Crippen LogP contribution in [0.3, 0.4) is 0 Å². The van der Waals surface area contributed by atoms with Crippen LogP contribution in [0.15, 0.2) is 53.9 Å². The van der Waals surface area contributed by atoms with Crippen molar-refractivity contribution >= 4 is 28.8 Å². The summed E-state index contributed by atoms with van der Waals surface area (Å²) in [5.41, 5.74) is 1.94. The molecule has 1 amide bonds. The molecule has 3 rings (SSSR count). The van der Waals surface area contributed by atoms with E-state index in [9.17, 15) is 18.0 Å². The van der Waals surface area contributed by atoms with Gasteiger partial charge >= 0.3 is 6.36 Å². The minimum absolute atomic E-state index is 0.0454. The Hall–Kier alpha value is -2.58. The average molecular weight is 413 g/mol. The number of carbonyl (C=O) groups excluding carboxylic acids is 1. The van der Waals surface area contributed by atoms with Crippen LogP contribution in [-0.4, -0.2) is 17.3 Å². The molecule has 3 aromatic rings. The number of rotatable bonds is 5. The van der Waals surface area contributed by atoms with Crippen LogP contribution < -0.4 is 10.1 Å². The van der Waals surface area contributed by atoms with E-state index in [1.165, 1.54) is 29.5 Å². The number of alkyl halides is 3. The van der Waals surface area contributed by atoms with E-state index >= 15 is 0 Å². The Kier molecular flexibility index (Phi) is 5.67. The summed E-state index contributed by atoms with van der Waals surface area (Å²) in [5.74, 6) is -0.754. The second kappa shape index (κ2) is 7.98. The predicted octanol–water partition coefficient (Wildman–Crippen LogP) is 5.29. The molecule has 27 heavy (non-hydrogen) atoms. The largest absolute Gasteiger partial charge is 0.573 e. The number of hydrogen-bond acceptors (Lipinski definition) is 4. The predicted molar refractivity (Wildman–Crippen MR) is 96.9 cm³/mol. The van der Waals surface area contributed by atoms with Gasteiger partial charge in [0.05, 0.1) is 5.69 Å². The Morgan fingerprint density at radius 1 is 1.19 bits per heavy atom. The lowest BCUT2D eigenvalue weighted by Gasteiger charge is -2.10. The Bertz CT molecular complexity index is 942. The monoisotopic (exact) mass is 412 g/mol. The fourth-order valence-electron chi connectivity index (χ4n) is 2.24. The van der Waals surface area contributed by atoms with Crippen molar-refractivity contribution in [2.24, 2.45) is 0 Å². The van der Waals surface area contributed by atoms with E-state index in [-0.39, 0.29) is 17.3 Å². The molecular weight excluding hydrogens is 401 g/mol. The summed E-state index contributed by atoms with van der Waals surface area (Å²) in [4.78, 5) is 16.5. The van der Waals surface area contributed by atoms with Gasteiger partial charge in [-0.1, -0.05) is 35.9 Å². The lowest BCUT2D eigenvalue weighted by atomic mass is 10.2. The Morgan fingerprint density at radius 3 is 2.63 bits per heavy atom. The molecule has 1 N–H and O–H groups in total. The number of thiazole rings is 1. The second-order valence-electron chi connectivity index (χ2n) is 5.42. The van der Waals surface area contributed by atoms with Gasteiger partial charge in [0.25, 0.3) is 5.91 Å². The molecule has 0 fully saturated rings. The number of halogens is 4. The van der Waals surface area contributed by atoms with E-state index in [0.717, 1.165) is 5.56 Å². The molecule has 1 aromatic heterocycles. The van der Waals surface area contributed by atoms with Gasteiger partial charge < -0.3 is 10.1 Å². The fraction of sp³-hybridized carbons (Fsp3) is 0.111. The van der Waals surface area contributed by atoms with Crippen LogP contribution in [0.4, 0.5) is 13.2 Å². The highest BCUT2D eigenvalue weighted by Gasteiger charge is 2.31. The topological polar surface area (TPSA) is 51.2 Å². The highest BCUT2D eigenvalue weighted by Crippen LogP contribution is 2.25. The van der Waals surface area contributed by atoms with Gasteiger partial charge in [0.1, 0.15) is 5.75 Å². The maximum atomic E-state index is 12.3. The van der Waals surface area contributed by atoms with E-state index in [2.05, 4.69) is 15.0 Å². The van der Waals surface area contributed by atoms with Gasteiger partial charge in [0.2, 0.25) is 0 Å². The summed E-state index contributed by atoms with van der Waals surface area (Å²) >= 11 is 7.02. The number of amides is 1. The molecular formula is C18H12ClF3N2O2S. The van der Waals surface area contributed by atoms with E-state index in [0.29, 0.717) is 16.3 Å². The van der Waals surface area contributed by atoms with Crippen molar-refractivity contribution in [2.75, 3.05) is 0 Å². The normalized spacial score (nSPS) is 11.3. The van der Waals surface area contributed by atoms with Crippen molar-refractivity contribution in [2.45, 2.75) is 12.9 Å². The van der Waals surface area contributed by atoms with Crippen LogP contribution in [0.25, 0.3) is 11.3 Å². The standard InChI is InChI=1S/C18H12ClF3N2O2S/c19-13-6-4-12(5-7-13)15-10-27-17(24-15)16(25)23-9-11-2-1-3-14(8-11)26-18(20,21)22/h1-8,10H,9H2,(H,23,25). The first-order valence-corrected chi connectivity index (χ1v) is 8.90. The lowest BCUT2D eigenvalue weighted by Crippen LogP contribution is -2.23. The Balaban J connectivity index is 1.63. The van der Waals surface area contributed by atoms with Gasteiger partial charge in [0.15, 0.2) is 5.01 Å². The zero-order chi connectivity index (χ0) is 19.4. The highest BCUT2D eigenvalue weighted by molar-refractivity contribution is 7.12. The maximum Gasteiger partial charge on any atom is 0.573 e. The molecule has 0 aliphatic rings. The molecule has 0 spiro atoms. The third kappa shape index (κ3) is 5.45. The second-order valence-corrected chi connectivity index (χ2v) is 6.72. The molecule has 9 heteroatoms. The molecule has 0 unspecified atom stereocenters. The summed E-state index contributed by atoms with van der Waals surface area (Å²) in [5, 5.41) is 5.23. The van der Waals surface area contributed by atoms with Crippen LogP contribution in [0, 0.1) is 0 Å². The first-order valence-electron chi connectivity index (χ1n) is 7.64. The number of ether oxygens (including phenoxy) is 1. The van der Waals surface area contributed by atoms with Gasteiger partial charge in [-0.15, -0.1) is 24.5 Å². The van der Waals surface area contributed by atoms with Crippen molar-refractivity contribution in [1.82, 2.24) is 10.3 Å². The van der Waals surface area contributed by atoms with Gasteiger partial charge in [-0.25, -0.2) is 4.98 Å². The van der Waals surface area contributed by atoms with Crippen molar-refractivity contribution in [1.29, 1.82) is 0 Å². The van der Waals surface area contributed by atoms with E-state index in [1.807, 2.05) is 0 Å². The summed E-state index contributed by atoms with van der Waals surface area (Å²) in [7, 11) is 0. The quantitative estimate of drug-likeness (QED) is 0.619. The van der Waals surface area contributed by atoms with Crippen molar-refractivity contribution in [3.8, 4) is 17.0 Å². The molecule has 0 saturated carbocycles. The van der Waals surface area contributed by atoms with Crippen molar-refractivity contribution in [3.63, 3.8) is 0 Å². The lowest BCUT2D eigenvalue weighted by molar-refractivity contribution is -0.274. The smallest absolute Gasteiger partial charge is 0.406 e.